The van der Waals surface area contributed by atoms with Crippen molar-refractivity contribution in [1.82, 2.24) is 15.6 Å². The number of furan rings is 1. The number of hydrogen-bond donors (Lipinski definition) is 2. The summed E-state index contributed by atoms with van der Waals surface area (Å²) in [7, 11) is 0. The van der Waals surface area contributed by atoms with Crippen LogP contribution in [0.25, 0.3) is 0 Å². The maximum Gasteiger partial charge on any atom is 0.191 e. The fraction of sp³-hybridized carbons (Fsp3) is 0.524. The summed E-state index contributed by atoms with van der Waals surface area (Å²) in [6, 6.07) is 10.5. The van der Waals surface area contributed by atoms with Crippen LogP contribution in [0.2, 0.25) is 0 Å². The van der Waals surface area contributed by atoms with Gasteiger partial charge in [-0.15, -0.1) is 24.0 Å². The van der Waals surface area contributed by atoms with E-state index >= 15 is 0 Å². The summed E-state index contributed by atoms with van der Waals surface area (Å²) in [5, 5.41) is 7.08. The van der Waals surface area contributed by atoms with Crippen molar-refractivity contribution in [2.75, 3.05) is 31.1 Å². The highest BCUT2D eigenvalue weighted by Gasteiger charge is 2.20. The van der Waals surface area contributed by atoms with Crippen molar-refractivity contribution in [3.05, 3.63) is 48.6 Å². The van der Waals surface area contributed by atoms with Crippen LogP contribution in [0.5, 0.6) is 0 Å². The van der Waals surface area contributed by atoms with Gasteiger partial charge in [0.25, 0.3) is 0 Å². The summed E-state index contributed by atoms with van der Waals surface area (Å²) in [5.74, 6) is 3.52. The molecule has 0 aromatic carbocycles. The van der Waals surface area contributed by atoms with Crippen LogP contribution in [0.1, 0.15) is 32.4 Å². The zero-order valence-electron chi connectivity index (χ0n) is 16.8. The van der Waals surface area contributed by atoms with Crippen molar-refractivity contribution in [2.45, 2.75) is 39.2 Å². The zero-order chi connectivity index (χ0) is 18.9. The number of pyridine rings is 1. The molecule has 154 valence electrons. The highest BCUT2D eigenvalue weighted by atomic mass is 127. The van der Waals surface area contributed by atoms with E-state index < -0.39 is 0 Å². The number of nitrogens with zero attached hydrogens (tertiary/aromatic N) is 3. The number of guanidine groups is 1. The summed E-state index contributed by atoms with van der Waals surface area (Å²) in [5.41, 5.74) is 0. The Morgan fingerprint density at radius 3 is 2.71 bits per heavy atom. The predicted molar refractivity (Wildman–Crippen MR) is 126 cm³/mol. The van der Waals surface area contributed by atoms with E-state index in [0.717, 1.165) is 63.0 Å². The maximum atomic E-state index is 5.41. The number of anilines is 1. The number of piperidine rings is 1. The Balaban J connectivity index is 0.00000280. The van der Waals surface area contributed by atoms with Gasteiger partial charge in [-0.2, -0.15) is 0 Å². The number of aromatic nitrogens is 1. The molecule has 0 unspecified atom stereocenters. The Morgan fingerprint density at radius 2 is 2.07 bits per heavy atom. The van der Waals surface area contributed by atoms with Crippen LogP contribution in [0, 0.1) is 5.92 Å². The van der Waals surface area contributed by atoms with Crippen molar-refractivity contribution < 1.29 is 4.42 Å². The van der Waals surface area contributed by atoms with Gasteiger partial charge in [0.15, 0.2) is 5.96 Å². The molecule has 0 aliphatic carbocycles. The smallest absolute Gasteiger partial charge is 0.191 e. The number of nitrogens with one attached hydrogen (secondary N) is 2. The van der Waals surface area contributed by atoms with Gasteiger partial charge in [-0.1, -0.05) is 19.9 Å². The topological polar surface area (TPSA) is 65.7 Å². The Kier molecular flexibility index (Phi) is 9.60. The highest BCUT2D eigenvalue weighted by Crippen LogP contribution is 2.17. The normalized spacial score (nSPS) is 15.4. The van der Waals surface area contributed by atoms with Crippen molar-refractivity contribution in [3.8, 4) is 0 Å². The molecule has 3 rings (SSSR count). The number of rotatable bonds is 7. The fourth-order valence-electron chi connectivity index (χ4n) is 3.17. The Hall–Kier alpha value is -1.77. The second kappa shape index (κ2) is 11.9. The van der Waals surface area contributed by atoms with E-state index in [1.165, 1.54) is 0 Å². The Morgan fingerprint density at radius 1 is 1.25 bits per heavy atom. The summed E-state index contributed by atoms with van der Waals surface area (Å²) >= 11 is 0. The van der Waals surface area contributed by atoms with E-state index in [1.54, 1.807) is 6.26 Å². The Labute approximate surface area is 185 Å². The van der Waals surface area contributed by atoms with Crippen LogP contribution in [0.15, 0.2) is 52.2 Å². The van der Waals surface area contributed by atoms with Crippen LogP contribution < -0.4 is 15.5 Å². The monoisotopic (exact) mass is 497 g/mol. The number of halogens is 1. The molecule has 0 radical (unpaired) electrons. The van der Waals surface area contributed by atoms with Crippen LogP contribution in [-0.4, -0.2) is 43.2 Å². The second-order valence-electron chi connectivity index (χ2n) is 7.43. The summed E-state index contributed by atoms with van der Waals surface area (Å²) in [6.07, 6.45) is 6.60. The van der Waals surface area contributed by atoms with E-state index in [0.29, 0.717) is 12.0 Å². The van der Waals surface area contributed by atoms with Gasteiger partial charge < -0.3 is 20.0 Å². The van der Waals surface area contributed by atoms with Crippen LogP contribution >= 0.6 is 24.0 Å². The third-order valence-electron chi connectivity index (χ3n) is 4.67. The van der Waals surface area contributed by atoms with Gasteiger partial charge in [-0.3, -0.25) is 4.99 Å². The first-order chi connectivity index (χ1) is 13.2. The molecule has 1 saturated heterocycles. The first-order valence-corrected chi connectivity index (χ1v) is 9.94. The molecule has 7 heteroatoms. The molecule has 1 aliphatic heterocycles. The third kappa shape index (κ3) is 7.33. The lowest BCUT2D eigenvalue weighted by Crippen LogP contribution is -2.49. The number of hydrogen-bond acceptors (Lipinski definition) is 4. The van der Waals surface area contributed by atoms with Crippen molar-refractivity contribution >= 4 is 35.8 Å². The average Bonchev–Trinajstić information content (AvgIpc) is 3.21. The zero-order valence-corrected chi connectivity index (χ0v) is 19.1. The first kappa shape index (κ1) is 22.5. The molecule has 2 aromatic heterocycles. The molecular formula is C21H32IN5O. The number of aliphatic imine (C=N–C) groups is 1. The maximum absolute atomic E-state index is 5.41. The Bertz CT molecular complexity index is 682. The van der Waals surface area contributed by atoms with Crippen molar-refractivity contribution in [2.24, 2.45) is 10.9 Å². The van der Waals surface area contributed by atoms with Gasteiger partial charge in [0, 0.05) is 44.8 Å². The summed E-state index contributed by atoms with van der Waals surface area (Å²) in [4.78, 5) is 11.6. The minimum atomic E-state index is 0. The van der Waals surface area contributed by atoms with Crippen LogP contribution in [-0.2, 0) is 6.42 Å². The van der Waals surface area contributed by atoms with Gasteiger partial charge in [-0.25, -0.2) is 4.98 Å². The van der Waals surface area contributed by atoms with E-state index in [-0.39, 0.29) is 24.0 Å². The minimum Gasteiger partial charge on any atom is -0.469 e. The van der Waals surface area contributed by atoms with Gasteiger partial charge in [0.1, 0.15) is 11.6 Å². The molecule has 0 bridgehead atoms. The summed E-state index contributed by atoms with van der Waals surface area (Å²) < 4.78 is 5.41. The lowest BCUT2D eigenvalue weighted by molar-refractivity contribution is 0.457. The first-order valence-electron chi connectivity index (χ1n) is 9.94. The lowest BCUT2D eigenvalue weighted by Gasteiger charge is -2.33. The van der Waals surface area contributed by atoms with E-state index in [2.05, 4.69) is 40.4 Å². The molecule has 1 aliphatic rings. The molecule has 0 spiro atoms. The quantitative estimate of drug-likeness (QED) is 0.347. The standard InChI is InChI=1S/C21H31N5O.HI/c1-17(2)16-24-21(23-12-8-19-6-5-15-27-19)25-18-9-13-26(14-10-18)20-7-3-4-11-22-20;/h3-7,11,15,17-18H,8-10,12-14,16H2,1-2H3,(H2,23,24,25);1H. The average molecular weight is 497 g/mol. The fourth-order valence-corrected chi connectivity index (χ4v) is 3.17. The SMILES string of the molecule is CC(C)CN=C(NCCc1ccco1)NC1CCN(c2ccccn2)CC1.I. The molecule has 3 heterocycles. The molecule has 0 atom stereocenters. The molecule has 2 N–H and O–H groups in total. The van der Waals surface area contributed by atoms with Gasteiger partial charge in [0.05, 0.1) is 6.26 Å². The van der Waals surface area contributed by atoms with Crippen LogP contribution in [0.3, 0.4) is 0 Å². The van der Waals surface area contributed by atoms with Gasteiger partial charge in [-0.05, 0) is 43.0 Å². The van der Waals surface area contributed by atoms with E-state index in [9.17, 15) is 0 Å². The molecule has 2 aromatic rings. The van der Waals surface area contributed by atoms with Gasteiger partial charge >= 0.3 is 0 Å². The highest BCUT2D eigenvalue weighted by molar-refractivity contribution is 14.0. The molecule has 0 amide bonds. The molecule has 28 heavy (non-hydrogen) atoms. The van der Waals surface area contributed by atoms with E-state index in [4.69, 9.17) is 9.41 Å². The van der Waals surface area contributed by atoms with Crippen LogP contribution in [0.4, 0.5) is 5.82 Å². The van der Waals surface area contributed by atoms with E-state index in [1.807, 2.05) is 30.5 Å². The predicted octanol–water partition coefficient (Wildman–Crippen LogP) is 3.70. The molecule has 6 nitrogen and oxygen atoms in total. The lowest BCUT2D eigenvalue weighted by atomic mass is 10.1. The van der Waals surface area contributed by atoms with Crippen molar-refractivity contribution in [1.29, 1.82) is 0 Å². The minimum absolute atomic E-state index is 0. The molecule has 0 saturated carbocycles. The van der Waals surface area contributed by atoms with Gasteiger partial charge in [0.2, 0.25) is 0 Å². The largest absolute Gasteiger partial charge is 0.469 e. The third-order valence-corrected chi connectivity index (χ3v) is 4.67. The summed E-state index contributed by atoms with van der Waals surface area (Å²) in [6.45, 7) is 8.04. The second-order valence-corrected chi connectivity index (χ2v) is 7.43. The molecule has 1 fully saturated rings. The van der Waals surface area contributed by atoms with Crippen molar-refractivity contribution in [3.63, 3.8) is 0 Å². The molecular weight excluding hydrogens is 465 g/mol.